The molecule has 0 spiro atoms. The predicted octanol–water partition coefficient (Wildman–Crippen LogP) is 21.8. The zero-order valence-electron chi connectivity index (χ0n) is 81.1. The molecule has 1 aliphatic heterocycles. The smallest absolute Gasteiger partial charge is 0.310 e. The Kier molecular flexibility index (Phi) is 34.3. The van der Waals surface area contributed by atoms with E-state index >= 15 is 0 Å². The van der Waals surface area contributed by atoms with Crippen LogP contribution in [0.15, 0.2) is 0 Å². The van der Waals surface area contributed by atoms with E-state index in [1.807, 2.05) is 41.5 Å². The van der Waals surface area contributed by atoms with E-state index < -0.39 is 11.9 Å². The molecule has 1 saturated heterocycles. The van der Waals surface area contributed by atoms with Crippen molar-refractivity contribution in [3.63, 3.8) is 0 Å². The minimum absolute atomic E-state index is 0.0113. The van der Waals surface area contributed by atoms with E-state index in [1.54, 1.807) is 14.0 Å². The molecular weight excluding hydrogens is 1550 g/mol. The summed E-state index contributed by atoms with van der Waals surface area (Å²) in [5.74, 6) is 23.1. The molecule has 18 nitrogen and oxygen atoms in total. The SMILES string of the molecule is CCC1CC(CC)C2C3CC(C(C(=O)OC)C3C(=O)OC(C)(C)C)C12.CCC1CC(CC)C2C3CC(C(COC)C3C(=O)OC)C12.CCC1CC(CC)C2C3CC(CC3C(C)C(=O)OC)C12.CCC1CC(CC)C2C3CC(CC3C(CC(=O)OC(C)C)OC(C)=O)C12.CCOC(C)OC(=O)CC(OC1CCCCO1)C1CC2CC1C1C(CC)CC(CC)C21. The molecule has 0 radical (unpaired) electrons. The fourth-order valence-corrected chi connectivity index (χ4v) is 34.1. The van der Waals surface area contributed by atoms with Crippen molar-refractivity contribution in [3.8, 4) is 0 Å². The number of ether oxygens (including phenoxy) is 11. The van der Waals surface area contributed by atoms with Crippen molar-refractivity contribution in [3.05, 3.63) is 0 Å². The quantitative estimate of drug-likeness (QED) is 0.0370. The van der Waals surface area contributed by atoms with Gasteiger partial charge in [-0.05, 0) is 352 Å². The molecule has 10 bridgehead atoms. The van der Waals surface area contributed by atoms with E-state index in [0.29, 0.717) is 90.0 Å². The molecule has 16 fully saturated rings. The van der Waals surface area contributed by atoms with Gasteiger partial charge in [-0.15, -0.1) is 0 Å². The van der Waals surface area contributed by atoms with Gasteiger partial charge in [0.2, 0.25) is 0 Å². The van der Waals surface area contributed by atoms with Crippen LogP contribution in [0.3, 0.4) is 0 Å². The van der Waals surface area contributed by atoms with E-state index in [4.69, 9.17) is 52.1 Å². The molecule has 0 aromatic heterocycles. The molecular formula is C105H174O18. The van der Waals surface area contributed by atoms with Gasteiger partial charge in [-0.1, -0.05) is 140 Å². The number of methoxy groups -OCH3 is 4. The van der Waals surface area contributed by atoms with Gasteiger partial charge in [-0.3, -0.25) is 33.6 Å². The lowest BCUT2D eigenvalue weighted by Gasteiger charge is -2.40. The predicted molar refractivity (Wildman–Crippen MR) is 477 cm³/mol. The molecule has 16 rings (SSSR count). The lowest BCUT2D eigenvalue weighted by atomic mass is 9.65. The van der Waals surface area contributed by atoms with Crippen LogP contribution < -0.4 is 0 Å². The highest BCUT2D eigenvalue weighted by atomic mass is 16.7. The first-order valence-electron chi connectivity index (χ1n) is 51.3. The molecule has 1 heterocycles. The average molecular weight is 1720 g/mol. The molecule has 18 heteroatoms. The zero-order valence-corrected chi connectivity index (χ0v) is 81.1. The van der Waals surface area contributed by atoms with Crippen LogP contribution in [-0.2, 0) is 85.7 Å². The van der Waals surface area contributed by atoms with Crippen molar-refractivity contribution in [2.45, 2.75) is 348 Å². The van der Waals surface area contributed by atoms with Crippen molar-refractivity contribution < 1.29 is 85.7 Å². The fourth-order valence-electron chi connectivity index (χ4n) is 34.1. The van der Waals surface area contributed by atoms with Gasteiger partial charge in [0.1, 0.15) is 11.7 Å². The summed E-state index contributed by atoms with van der Waals surface area (Å²) < 4.78 is 60.9. The van der Waals surface area contributed by atoms with Crippen LogP contribution >= 0.6 is 0 Å². The first-order valence-corrected chi connectivity index (χ1v) is 51.3. The summed E-state index contributed by atoms with van der Waals surface area (Å²) in [5, 5.41) is 0. The van der Waals surface area contributed by atoms with Gasteiger partial charge >= 0.3 is 41.8 Å². The van der Waals surface area contributed by atoms with Crippen molar-refractivity contribution in [2.75, 3.05) is 48.3 Å². The summed E-state index contributed by atoms with van der Waals surface area (Å²) in [6.07, 6.45) is 32.0. The monoisotopic (exact) mass is 1720 g/mol. The van der Waals surface area contributed by atoms with E-state index in [9.17, 15) is 33.6 Å². The van der Waals surface area contributed by atoms with Crippen molar-refractivity contribution in [1.82, 2.24) is 0 Å². The Labute approximate surface area is 744 Å². The van der Waals surface area contributed by atoms with Crippen molar-refractivity contribution in [2.24, 2.45) is 225 Å². The number of carbonyl (C=O) groups excluding carboxylic acids is 7. The van der Waals surface area contributed by atoms with Gasteiger partial charge in [-0.25, -0.2) is 0 Å². The van der Waals surface area contributed by atoms with E-state index in [-0.39, 0.29) is 102 Å². The maximum atomic E-state index is 13.0. The van der Waals surface area contributed by atoms with Crippen LogP contribution in [-0.4, -0.2) is 127 Å². The second-order valence-electron chi connectivity index (χ2n) is 44.1. The number of carbonyl (C=O) groups is 7. The summed E-state index contributed by atoms with van der Waals surface area (Å²) in [6, 6.07) is 0. The summed E-state index contributed by atoms with van der Waals surface area (Å²) >= 11 is 0. The van der Waals surface area contributed by atoms with Crippen LogP contribution in [0.1, 0.15) is 311 Å². The van der Waals surface area contributed by atoms with E-state index in [0.717, 1.165) is 164 Å². The van der Waals surface area contributed by atoms with Crippen LogP contribution in [0.25, 0.3) is 0 Å². The Bertz CT molecular complexity index is 3430. The summed E-state index contributed by atoms with van der Waals surface area (Å²) in [4.78, 5) is 86.5. The van der Waals surface area contributed by atoms with Crippen LogP contribution in [0, 0.1) is 225 Å². The van der Waals surface area contributed by atoms with Gasteiger partial charge in [0.05, 0.1) is 76.7 Å². The number of fused-ring (bicyclic) bond motifs is 25. The summed E-state index contributed by atoms with van der Waals surface area (Å²) in [5.41, 5.74) is -0.523. The van der Waals surface area contributed by atoms with Gasteiger partial charge in [0, 0.05) is 27.2 Å². The zero-order chi connectivity index (χ0) is 89.1. The standard InChI is InChI=1S/C26H44O5.C22H36O4.C21H34O4.C18H30O3.C18H30O2/c1-5-17-12-18(6-2)26-21-14-19(25(17)26)13-20(21)22(31-24-10-8-9-11-29-24)15-23(27)30-16(4)28-7-3;1-6-14-8-15(7-2)22-18-10-16(21(14)22)9-17(18)19(26-13(5)23)11-20(24)25-12(3)4;1-7-11-9-12(8-2)16-14-10-13(15(11)16)17(19(22)24-6)18(14)20(23)25-21(3,4)5;1-5-10-7-11(6-2)16-13-8-12(15(10)16)14(9-20-3)17(13)18(19)21-4;1-5-11-7-12(6-2)17-15-9-13(16(11)17)8-14(15)10(3)18(19)20-4/h16-22,24-26H,5-15H2,1-4H3;12,14-19,21-22H,6-11H2,1-5H3;11-18H,7-10H2,1-6H3;10-17H,5-9H2,1-4H3;10-17H,5-9H2,1-4H3. The summed E-state index contributed by atoms with van der Waals surface area (Å²) in [7, 11) is 6.28. The second-order valence-corrected chi connectivity index (χ2v) is 44.1. The number of hydrogen-bond acceptors (Lipinski definition) is 18. The molecule has 42 unspecified atom stereocenters. The topological polar surface area (TPSA) is 221 Å². The molecule has 16 aliphatic rings. The van der Waals surface area contributed by atoms with Crippen LogP contribution in [0.4, 0.5) is 0 Å². The highest BCUT2D eigenvalue weighted by Gasteiger charge is 2.70. The lowest BCUT2D eigenvalue weighted by molar-refractivity contribution is -0.212. The third-order valence-corrected chi connectivity index (χ3v) is 37.7. The minimum Gasteiger partial charge on any atom is -0.469 e. The van der Waals surface area contributed by atoms with E-state index in [1.165, 1.54) is 163 Å². The molecule has 15 aliphatic carbocycles. The maximum Gasteiger partial charge on any atom is 0.310 e. The maximum absolute atomic E-state index is 13.0. The lowest BCUT2D eigenvalue weighted by Crippen LogP contribution is -2.45. The van der Waals surface area contributed by atoms with Crippen LogP contribution in [0.2, 0.25) is 0 Å². The van der Waals surface area contributed by atoms with Gasteiger partial charge < -0.3 is 52.1 Å². The Hall–Kier alpha value is -3.87. The van der Waals surface area contributed by atoms with E-state index in [2.05, 4.69) is 76.2 Å². The van der Waals surface area contributed by atoms with Gasteiger partial charge in [0.25, 0.3) is 0 Å². The highest BCUT2D eigenvalue weighted by molar-refractivity contribution is 5.84. The normalized spacial score (nSPS) is 43.1. The molecule has 42 atom stereocenters. The molecule has 702 valence electrons. The molecule has 123 heavy (non-hydrogen) atoms. The first-order chi connectivity index (χ1) is 58.9. The third-order valence-electron chi connectivity index (χ3n) is 37.7. The molecule has 0 amide bonds. The first kappa shape index (κ1) is 98.2. The van der Waals surface area contributed by atoms with Gasteiger partial charge in [-0.2, -0.15) is 0 Å². The largest absolute Gasteiger partial charge is 0.469 e. The molecule has 0 aromatic rings. The fraction of sp³-hybridized carbons (Fsp3) is 0.933. The molecule has 0 N–H and O–H groups in total. The third kappa shape index (κ3) is 20.2. The van der Waals surface area contributed by atoms with Crippen molar-refractivity contribution >= 4 is 41.8 Å². The Balaban J connectivity index is 0.000000142. The Morgan fingerprint density at radius 2 is 0.764 bits per heavy atom. The minimum atomic E-state index is -0.523. The number of hydrogen-bond donors (Lipinski definition) is 0. The van der Waals surface area contributed by atoms with Crippen LogP contribution in [0.5, 0.6) is 0 Å². The average Bonchev–Trinajstić information content (AvgIpc) is 1.52. The Morgan fingerprint density at radius 1 is 0.390 bits per heavy atom. The highest BCUT2D eigenvalue weighted by Crippen LogP contribution is 2.73. The molecule has 15 saturated carbocycles. The second kappa shape index (κ2) is 43.0. The Morgan fingerprint density at radius 3 is 1.15 bits per heavy atom. The van der Waals surface area contributed by atoms with Gasteiger partial charge in [0.15, 0.2) is 12.6 Å². The summed E-state index contributed by atoms with van der Waals surface area (Å²) in [6.45, 7) is 42.0. The number of rotatable bonds is 30. The number of esters is 7. The van der Waals surface area contributed by atoms with Crippen molar-refractivity contribution in [1.29, 1.82) is 0 Å². The molecule has 0 aromatic carbocycles.